The van der Waals surface area contributed by atoms with Crippen LogP contribution in [-0.2, 0) is 11.2 Å². The third-order valence-corrected chi connectivity index (χ3v) is 6.41. The number of nitrogens with zero attached hydrogens (tertiary/aromatic N) is 2. The molecule has 2 heterocycles. The minimum absolute atomic E-state index is 0.0882. The highest BCUT2D eigenvalue weighted by atomic mass is 35.5. The second kappa shape index (κ2) is 9.71. The van der Waals surface area contributed by atoms with Gasteiger partial charge in [0.25, 0.3) is 0 Å². The zero-order chi connectivity index (χ0) is 20.9. The van der Waals surface area contributed by atoms with Crippen molar-refractivity contribution in [3.63, 3.8) is 0 Å². The molecule has 0 aliphatic carbocycles. The summed E-state index contributed by atoms with van der Waals surface area (Å²) in [7, 11) is 0. The monoisotopic (exact) mass is 427 g/mol. The van der Waals surface area contributed by atoms with E-state index in [4.69, 9.17) is 16.3 Å². The van der Waals surface area contributed by atoms with E-state index in [-0.39, 0.29) is 5.91 Å². The Kier molecular flexibility index (Phi) is 6.80. The SMILES string of the molecule is Cc1ccc(N2CCN(CCCCOc3ccc4c(c3)NC(=O)CC4)CC2)cc1Cl. The fourth-order valence-electron chi connectivity index (χ4n) is 4.08. The molecular weight excluding hydrogens is 398 g/mol. The number of rotatable bonds is 7. The number of carbonyl (C=O) groups excluding carboxylic acids is 1. The third kappa shape index (κ3) is 5.27. The van der Waals surface area contributed by atoms with Gasteiger partial charge in [0.15, 0.2) is 0 Å². The Morgan fingerprint density at radius 2 is 1.87 bits per heavy atom. The molecule has 0 spiro atoms. The third-order valence-electron chi connectivity index (χ3n) is 6.01. The lowest BCUT2D eigenvalue weighted by molar-refractivity contribution is -0.116. The Balaban J connectivity index is 1.14. The number of anilines is 2. The van der Waals surface area contributed by atoms with Crippen LogP contribution in [0.2, 0.25) is 5.02 Å². The van der Waals surface area contributed by atoms with Crippen LogP contribution < -0.4 is 15.0 Å². The molecule has 4 rings (SSSR count). The Morgan fingerprint density at radius 1 is 1.03 bits per heavy atom. The number of unbranched alkanes of at least 4 members (excludes halogenated alkanes) is 1. The van der Waals surface area contributed by atoms with Crippen LogP contribution in [0.5, 0.6) is 5.75 Å². The summed E-state index contributed by atoms with van der Waals surface area (Å²) < 4.78 is 5.90. The molecule has 160 valence electrons. The lowest BCUT2D eigenvalue weighted by Gasteiger charge is -2.36. The van der Waals surface area contributed by atoms with Crippen LogP contribution in [0.1, 0.15) is 30.4 Å². The van der Waals surface area contributed by atoms with Crippen molar-refractivity contribution in [2.24, 2.45) is 0 Å². The van der Waals surface area contributed by atoms with Crippen molar-refractivity contribution < 1.29 is 9.53 Å². The van der Waals surface area contributed by atoms with E-state index in [9.17, 15) is 4.79 Å². The molecule has 1 amide bonds. The number of carbonyl (C=O) groups is 1. The molecule has 2 aliphatic heterocycles. The first kappa shape index (κ1) is 21.0. The van der Waals surface area contributed by atoms with E-state index in [1.165, 1.54) is 11.3 Å². The number of aryl methyl sites for hydroxylation is 2. The standard InChI is InChI=1S/C24H30ClN3O2/c1-18-4-7-20(16-22(18)25)28-13-11-27(12-14-28)10-2-3-15-30-21-8-5-19-6-9-24(29)26-23(19)17-21/h4-5,7-8,16-17H,2-3,6,9-15H2,1H3,(H,26,29). The summed E-state index contributed by atoms with van der Waals surface area (Å²) in [6.07, 6.45) is 3.53. The van der Waals surface area contributed by atoms with Gasteiger partial charge < -0.3 is 15.0 Å². The predicted molar refractivity (Wildman–Crippen MR) is 123 cm³/mol. The van der Waals surface area contributed by atoms with Crippen LogP contribution in [0.15, 0.2) is 36.4 Å². The molecule has 1 fully saturated rings. The average Bonchev–Trinajstić information content (AvgIpc) is 2.75. The molecule has 0 unspecified atom stereocenters. The van der Waals surface area contributed by atoms with Gasteiger partial charge in [-0.1, -0.05) is 23.7 Å². The number of hydrogen-bond donors (Lipinski definition) is 1. The van der Waals surface area contributed by atoms with Crippen LogP contribution >= 0.6 is 11.6 Å². The number of hydrogen-bond acceptors (Lipinski definition) is 4. The quantitative estimate of drug-likeness (QED) is 0.660. The molecule has 0 atom stereocenters. The van der Waals surface area contributed by atoms with Gasteiger partial charge in [0, 0.05) is 55.1 Å². The van der Waals surface area contributed by atoms with Gasteiger partial charge in [0.1, 0.15) is 5.75 Å². The van der Waals surface area contributed by atoms with E-state index in [1.807, 2.05) is 19.1 Å². The number of benzene rings is 2. The second-order valence-corrected chi connectivity index (χ2v) is 8.59. The molecule has 30 heavy (non-hydrogen) atoms. The summed E-state index contributed by atoms with van der Waals surface area (Å²) in [5.74, 6) is 0.923. The molecule has 1 saturated heterocycles. The first-order valence-electron chi connectivity index (χ1n) is 10.9. The molecular formula is C24H30ClN3O2. The number of fused-ring (bicyclic) bond motifs is 1. The maximum absolute atomic E-state index is 11.6. The highest BCUT2D eigenvalue weighted by Gasteiger charge is 2.18. The summed E-state index contributed by atoms with van der Waals surface area (Å²) in [4.78, 5) is 16.5. The van der Waals surface area contributed by atoms with Gasteiger partial charge in [0.2, 0.25) is 5.91 Å². The number of amides is 1. The Labute approximate surface area is 184 Å². The van der Waals surface area contributed by atoms with Crippen molar-refractivity contribution >= 4 is 28.9 Å². The van der Waals surface area contributed by atoms with E-state index in [1.54, 1.807) is 0 Å². The normalized spacial score (nSPS) is 16.9. The van der Waals surface area contributed by atoms with E-state index in [2.05, 4.69) is 39.4 Å². The smallest absolute Gasteiger partial charge is 0.224 e. The fourth-order valence-corrected chi connectivity index (χ4v) is 4.25. The molecule has 6 heteroatoms. The maximum atomic E-state index is 11.6. The number of halogens is 1. The molecule has 1 N–H and O–H groups in total. The lowest BCUT2D eigenvalue weighted by Crippen LogP contribution is -2.46. The molecule has 0 bridgehead atoms. The van der Waals surface area contributed by atoms with E-state index >= 15 is 0 Å². The summed E-state index contributed by atoms with van der Waals surface area (Å²) >= 11 is 6.28. The molecule has 0 radical (unpaired) electrons. The summed E-state index contributed by atoms with van der Waals surface area (Å²) in [6, 6.07) is 12.4. The van der Waals surface area contributed by atoms with Crippen molar-refractivity contribution in [1.82, 2.24) is 4.90 Å². The first-order chi connectivity index (χ1) is 14.6. The number of nitrogens with one attached hydrogen (secondary N) is 1. The predicted octanol–water partition coefficient (Wildman–Crippen LogP) is 4.51. The van der Waals surface area contributed by atoms with Gasteiger partial charge in [-0.25, -0.2) is 0 Å². The average molecular weight is 428 g/mol. The summed E-state index contributed by atoms with van der Waals surface area (Å²) in [5.41, 5.74) is 4.44. The van der Waals surface area contributed by atoms with Crippen molar-refractivity contribution in [3.05, 3.63) is 52.5 Å². The van der Waals surface area contributed by atoms with E-state index < -0.39 is 0 Å². The van der Waals surface area contributed by atoms with Gasteiger partial charge in [-0.15, -0.1) is 0 Å². The molecule has 2 aromatic carbocycles. The van der Waals surface area contributed by atoms with Crippen LogP contribution in [-0.4, -0.2) is 50.1 Å². The van der Waals surface area contributed by atoms with E-state index in [0.717, 1.165) is 74.0 Å². The Morgan fingerprint density at radius 3 is 2.67 bits per heavy atom. The van der Waals surface area contributed by atoms with Crippen LogP contribution in [0.4, 0.5) is 11.4 Å². The lowest BCUT2D eigenvalue weighted by atomic mass is 10.0. The highest BCUT2D eigenvalue weighted by molar-refractivity contribution is 6.31. The Hall–Kier alpha value is -2.24. The van der Waals surface area contributed by atoms with Gasteiger partial charge >= 0.3 is 0 Å². The second-order valence-electron chi connectivity index (χ2n) is 8.18. The van der Waals surface area contributed by atoms with Crippen molar-refractivity contribution in [2.45, 2.75) is 32.6 Å². The summed E-state index contributed by atoms with van der Waals surface area (Å²) in [6.45, 7) is 8.08. The topological polar surface area (TPSA) is 44.8 Å². The Bertz CT molecular complexity index is 894. The molecule has 5 nitrogen and oxygen atoms in total. The fraction of sp³-hybridized carbons (Fsp3) is 0.458. The molecule has 2 aliphatic rings. The van der Waals surface area contributed by atoms with Crippen LogP contribution in [0.25, 0.3) is 0 Å². The van der Waals surface area contributed by atoms with Gasteiger partial charge in [-0.05, 0) is 62.1 Å². The largest absolute Gasteiger partial charge is 0.494 e. The number of ether oxygens (including phenoxy) is 1. The molecule has 0 aromatic heterocycles. The van der Waals surface area contributed by atoms with Crippen LogP contribution in [0.3, 0.4) is 0 Å². The summed E-state index contributed by atoms with van der Waals surface area (Å²) in [5, 5.41) is 3.77. The van der Waals surface area contributed by atoms with Gasteiger partial charge in [-0.3, -0.25) is 9.69 Å². The molecule has 2 aromatic rings. The van der Waals surface area contributed by atoms with Crippen LogP contribution in [0, 0.1) is 6.92 Å². The zero-order valence-corrected chi connectivity index (χ0v) is 18.4. The molecule has 0 saturated carbocycles. The van der Waals surface area contributed by atoms with Gasteiger partial charge in [0.05, 0.1) is 6.61 Å². The first-order valence-corrected chi connectivity index (χ1v) is 11.3. The van der Waals surface area contributed by atoms with Crippen molar-refractivity contribution in [1.29, 1.82) is 0 Å². The van der Waals surface area contributed by atoms with Crippen molar-refractivity contribution in [3.8, 4) is 5.75 Å². The minimum atomic E-state index is 0.0882. The van der Waals surface area contributed by atoms with E-state index in [0.29, 0.717) is 13.0 Å². The zero-order valence-electron chi connectivity index (χ0n) is 17.6. The minimum Gasteiger partial charge on any atom is -0.494 e. The number of piperazine rings is 1. The van der Waals surface area contributed by atoms with Crippen molar-refractivity contribution in [2.75, 3.05) is 49.5 Å². The van der Waals surface area contributed by atoms with Gasteiger partial charge in [-0.2, -0.15) is 0 Å². The highest BCUT2D eigenvalue weighted by Crippen LogP contribution is 2.27. The maximum Gasteiger partial charge on any atom is 0.224 e.